The zero-order valence-corrected chi connectivity index (χ0v) is 8.93. The highest BCUT2D eigenvalue weighted by Crippen LogP contribution is 2.03. The second-order valence-electron chi connectivity index (χ2n) is 3.58. The molecule has 0 radical (unpaired) electrons. The molecule has 1 unspecified atom stereocenters. The number of nitrogens with zero attached hydrogens (tertiary/aromatic N) is 2. The summed E-state index contributed by atoms with van der Waals surface area (Å²) in [7, 11) is 0. The Bertz CT molecular complexity index is 350. The summed E-state index contributed by atoms with van der Waals surface area (Å²) in [4.78, 5) is 25.4. The zero-order valence-electron chi connectivity index (χ0n) is 8.93. The van der Waals surface area contributed by atoms with Crippen LogP contribution in [0.1, 0.15) is 30.4 Å². The van der Waals surface area contributed by atoms with Gasteiger partial charge in [-0.15, -0.1) is 0 Å². The van der Waals surface area contributed by atoms with Crippen molar-refractivity contribution >= 4 is 11.9 Å². The standard InChI is InChI=1S/C9H14N4O3/c1-6(2-3-7(14)15)4-10-9(16)8-11-5-12-13-8/h5-6H,2-4H2,1H3,(H,10,16)(H,14,15)(H,11,12,13). The average molecular weight is 226 g/mol. The summed E-state index contributed by atoms with van der Waals surface area (Å²) in [6, 6.07) is 0. The van der Waals surface area contributed by atoms with Crippen molar-refractivity contribution in [3.8, 4) is 0 Å². The summed E-state index contributed by atoms with van der Waals surface area (Å²) in [6.45, 7) is 2.30. The third kappa shape index (κ3) is 4.07. The molecule has 1 heterocycles. The molecule has 0 saturated heterocycles. The molecule has 0 aliphatic heterocycles. The first-order valence-corrected chi connectivity index (χ1v) is 4.95. The molecule has 0 aromatic carbocycles. The number of hydrogen-bond donors (Lipinski definition) is 3. The molecule has 0 bridgehead atoms. The Labute approximate surface area is 92.3 Å². The van der Waals surface area contributed by atoms with Crippen molar-refractivity contribution in [2.24, 2.45) is 5.92 Å². The van der Waals surface area contributed by atoms with Crippen LogP contribution in [0.25, 0.3) is 0 Å². The normalized spacial score (nSPS) is 12.1. The molecule has 1 amide bonds. The van der Waals surface area contributed by atoms with E-state index in [-0.39, 0.29) is 24.1 Å². The molecular formula is C9H14N4O3. The summed E-state index contributed by atoms with van der Waals surface area (Å²) in [5.74, 6) is -0.888. The van der Waals surface area contributed by atoms with Crippen LogP contribution in [0.15, 0.2) is 6.33 Å². The number of amides is 1. The van der Waals surface area contributed by atoms with Crippen LogP contribution in [0.5, 0.6) is 0 Å². The molecule has 0 aliphatic rings. The Hall–Kier alpha value is -1.92. The molecular weight excluding hydrogens is 212 g/mol. The van der Waals surface area contributed by atoms with Crippen molar-refractivity contribution in [1.82, 2.24) is 20.5 Å². The third-order valence-electron chi connectivity index (χ3n) is 2.09. The van der Waals surface area contributed by atoms with E-state index in [0.717, 1.165) is 0 Å². The number of carboxylic acid groups (broad SMARTS) is 1. The van der Waals surface area contributed by atoms with Crippen molar-refractivity contribution < 1.29 is 14.7 Å². The first-order valence-electron chi connectivity index (χ1n) is 4.95. The number of aromatic amines is 1. The van der Waals surface area contributed by atoms with Gasteiger partial charge in [-0.05, 0) is 12.3 Å². The lowest BCUT2D eigenvalue weighted by Crippen LogP contribution is -2.29. The Morgan fingerprint density at radius 3 is 2.94 bits per heavy atom. The maximum atomic E-state index is 11.4. The van der Waals surface area contributed by atoms with Crippen molar-refractivity contribution in [1.29, 1.82) is 0 Å². The van der Waals surface area contributed by atoms with Gasteiger partial charge in [0.05, 0.1) is 0 Å². The van der Waals surface area contributed by atoms with Gasteiger partial charge in [0.25, 0.3) is 5.91 Å². The fraction of sp³-hybridized carbons (Fsp3) is 0.556. The molecule has 0 saturated carbocycles. The first kappa shape index (κ1) is 12.2. The van der Waals surface area contributed by atoms with Crippen LogP contribution in [0, 0.1) is 5.92 Å². The number of carbonyl (C=O) groups is 2. The van der Waals surface area contributed by atoms with E-state index in [4.69, 9.17) is 5.11 Å². The van der Waals surface area contributed by atoms with Crippen LogP contribution in [0.2, 0.25) is 0 Å². The molecule has 7 nitrogen and oxygen atoms in total. The third-order valence-corrected chi connectivity index (χ3v) is 2.09. The summed E-state index contributed by atoms with van der Waals surface area (Å²) >= 11 is 0. The highest BCUT2D eigenvalue weighted by atomic mass is 16.4. The van der Waals surface area contributed by atoms with Crippen LogP contribution in [-0.4, -0.2) is 38.7 Å². The average Bonchev–Trinajstić information content (AvgIpc) is 2.76. The van der Waals surface area contributed by atoms with Crippen molar-refractivity contribution in [2.45, 2.75) is 19.8 Å². The fourth-order valence-corrected chi connectivity index (χ4v) is 1.14. The van der Waals surface area contributed by atoms with Gasteiger partial charge in [0, 0.05) is 13.0 Å². The summed E-state index contributed by atoms with van der Waals surface area (Å²) in [6.07, 6.45) is 1.90. The number of nitrogens with one attached hydrogen (secondary N) is 2. The number of aliphatic carboxylic acids is 1. The van der Waals surface area contributed by atoms with E-state index in [1.807, 2.05) is 6.92 Å². The number of carbonyl (C=O) groups excluding carboxylic acids is 1. The molecule has 16 heavy (non-hydrogen) atoms. The topological polar surface area (TPSA) is 108 Å². The van der Waals surface area contributed by atoms with Crippen LogP contribution < -0.4 is 5.32 Å². The van der Waals surface area contributed by atoms with Gasteiger partial charge in [0.15, 0.2) is 0 Å². The number of aromatic nitrogens is 3. The van der Waals surface area contributed by atoms with E-state index in [9.17, 15) is 9.59 Å². The van der Waals surface area contributed by atoms with Gasteiger partial charge in [-0.25, -0.2) is 4.98 Å². The lowest BCUT2D eigenvalue weighted by molar-refractivity contribution is -0.137. The lowest BCUT2D eigenvalue weighted by Gasteiger charge is -2.10. The molecule has 1 atom stereocenters. The van der Waals surface area contributed by atoms with Gasteiger partial charge in [-0.3, -0.25) is 14.7 Å². The van der Waals surface area contributed by atoms with Gasteiger partial charge >= 0.3 is 5.97 Å². The van der Waals surface area contributed by atoms with E-state index in [1.54, 1.807) is 0 Å². The monoisotopic (exact) mass is 226 g/mol. The van der Waals surface area contributed by atoms with Crippen molar-refractivity contribution in [2.75, 3.05) is 6.54 Å². The molecule has 0 aliphatic carbocycles. The largest absolute Gasteiger partial charge is 0.481 e. The van der Waals surface area contributed by atoms with Crippen LogP contribution in [0.3, 0.4) is 0 Å². The molecule has 1 aromatic rings. The highest BCUT2D eigenvalue weighted by Gasteiger charge is 2.10. The van der Waals surface area contributed by atoms with Crippen LogP contribution in [0.4, 0.5) is 0 Å². The molecule has 88 valence electrons. The Morgan fingerprint density at radius 1 is 1.62 bits per heavy atom. The molecule has 1 rings (SSSR count). The maximum Gasteiger partial charge on any atom is 0.303 e. The highest BCUT2D eigenvalue weighted by molar-refractivity contribution is 5.90. The Balaban J connectivity index is 2.24. The number of H-pyrrole nitrogens is 1. The van der Waals surface area contributed by atoms with E-state index in [0.29, 0.717) is 13.0 Å². The van der Waals surface area contributed by atoms with E-state index in [2.05, 4.69) is 20.5 Å². The van der Waals surface area contributed by atoms with Crippen LogP contribution >= 0.6 is 0 Å². The van der Waals surface area contributed by atoms with Gasteiger partial charge in [0.2, 0.25) is 5.82 Å². The minimum Gasteiger partial charge on any atom is -0.481 e. The van der Waals surface area contributed by atoms with Crippen molar-refractivity contribution in [3.05, 3.63) is 12.2 Å². The smallest absolute Gasteiger partial charge is 0.303 e. The first-order chi connectivity index (χ1) is 7.59. The van der Waals surface area contributed by atoms with Gasteiger partial charge in [-0.2, -0.15) is 5.10 Å². The molecule has 0 fully saturated rings. The predicted octanol–water partition coefficient (Wildman–Crippen LogP) is 0.0354. The molecule has 3 N–H and O–H groups in total. The predicted molar refractivity (Wildman–Crippen MR) is 54.7 cm³/mol. The van der Waals surface area contributed by atoms with Crippen LogP contribution in [-0.2, 0) is 4.79 Å². The number of hydrogen-bond acceptors (Lipinski definition) is 4. The lowest BCUT2D eigenvalue weighted by atomic mass is 10.1. The quantitative estimate of drug-likeness (QED) is 0.634. The fourth-order valence-electron chi connectivity index (χ4n) is 1.14. The number of carboxylic acids is 1. The minimum atomic E-state index is -0.826. The molecule has 7 heteroatoms. The van der Waals surface area contributed by atoms with Gasteiger partial charge in [0.1, 0.15) is 6.33 Å². The molecule has 0 spiro atoms. The number of rotatable bonds is 6. The van der Waals surface area contributed by atoms with Crippen molar-refractivity contribution in [3.63, 3.8) is 0 Å². The summed E-state index contributed by atoms with van der Waals surface area (Å²) in [5, 5.41) is 17.1. The summed E-state index contributed by atoms with van der Waals surface area (Å²) in [5.41, 5.74) is 0. The second kappa shape index (κ2) is 5.84. The second-order valence-corrected chi connectivity index (χ2v) is 3.58. The Kier molecular flexibility index (Phi) is 4.43. The van der Waals surface area contributed by atoms with Gasteiger partial charge in [-0.1, -0.05) is 6.92 Å². The zero-order chi connectivity index (χ0) is 12.0. The molecule has 1 aromatic heterocycles. The van der Waals surface area contributed by atoms with E-state index < -0.39 is 5.97 Å². The van der Waals surface area contributed by atoms with E-state index in [1.165, 1.54) is 6.33 Å². The SMILES string of the molecule is CC(CCC(=O)O)CNC(=O)c1ncn[nH]1. The minimum absolute atomic E-state index is 0.110. The maximum absolute atomic E-state index is 11.4. The summed E-state index contributed by atoms with van der Waals surface area (Å²) < 4.78 is 0. The van der Waals surface area contributed by atoms with Gasteiger partial charge < -0.3 is 10.4 Å². The van der Waals surface area contributed by atoms with E-state index >= 15 is 0 Å². The Morgan fingerprint density at radius 2 is 2.38 bits per heavy atom.